The zero-order valence-electron chi connectivity index (χ0n) is 11.9. The largest absolute Gasteiger partial charge is 0.375 e. The van der Waals surface area contributed by atoms with E-state index >= 15 is 0 Å². The zero-order chi connectivity index (χ0) is 17.0. The van der Waals surface area contributed by atoms with Gasteiger partial charge >= 0.3 is 0 Å². The second-order valence-corrected chi connectivity index (χ2v) is 7.99. The SMILES string of the molecule is COC(CNS(=O)(=O)c1cccc([N+](=O)[O-])c1)c1ccc(Cl)s1. The number of benzene rings is 1. The number of non-ortho nitro benzene ring substituents is 1. The molecule has 2 rings (SSSR count). The number of hydrogen-bond acceptors (Lipinski definition) is 6. The number of ether oxygens (including phenoxy) is 1. The van der Waals surface area contributed by atoms with E-state index in [0.717, 1.165) is 10.9 Å². The summed E-state index contributed by atoms with van der Waals surface area (Å²) in [5, 5.41) is 10.7. The predicted molar refractivity (Wildman–Crippen MR) is 87.4 cm³/mol. The van der Waals surface area contributed by atoms with Crippen LogP contribution in [0.15, 0.2) is 41.3 Å². The van der Waals surface area contributed by atoms with E-state index in [4.69, 9.17) is 16.3 Å². The van der Waals surface area contributed by atoms with Crippen molar-refractivity contribution in [3.8, 4) is 0 Å². The van der Waals surface area contributed by atoms with Crippen molar-refractivity contribution in [2.24, 2.45) is 0 Å². The summed E-state index contributed by atoms with van der Waals surface area (Å²) in [5.41, 5.74) is -0.291. The van der Waals surface area contributed by atoms with E-state index in [-0.39, 0.29) is 17.1 Å². The molecule has 10 heteroatoms. The Labute approximate surface area is 142 Å². The van der Waals surface area contributed by atoms with Gasteiger partial charge in [-0.3, -0.25) is 10.1 Å². The van der Waals surface area contributed by atoms with E-state index in [1.165, 1.54) is 36.6 Å². The van der Waals surface area contributed by atoms with Gasteiger partial charge in [-0.25, -0.2) is 13.1 Å². The quantitative estimate of drug-likeness (QED) is 0.591. The Hall–Kier alpha value is -1.52. The number of nitrogens with one attached hydrogen (secondary N) is 1. The van der Waals surface area contributed by atoms with Gasteiger partial charge in [0.1, 0.15) is 6.10 Å². The van der Waals surface area contributed by atoms with Crippen molar-refractivity contribution >= 4 is 38.6 Å². The number of nitrogens with zero attached hydrogens (tertiary/aromatic N) is 1. The average Bonchev–Trinajstić information content (AvgIpc) is 2.94. The molecule has 0 amide bonds. The topological polar surface area (TPSA) is 98.5 Å². The fourth-order valence-corrected chi connectivity index (χ4v) is 4.04. The highest BCUT2D eigenvalue weighted by atomic mass is 35.5. The van der Waals surface area contributed by atoms with Crippen molar-refractivity contribution in [3.63, 3.8) is 0 Å². The molecule has 23 heavy (non-hydrogen) atoms. The summed E-state index contributed by atoms with van der Waals surface area (Å²) in [7, 11) is -2.43. The lowest BCUT2D eigenvalue weighted by molar-refractivity contribution is -0.385. The fourth-order valence-electron chi connectivity index (χ4n) is 1.83. The number of thiophene rings is 1. The lowest BCUT2D eigenvalue weighted by Crippen LogP contribution is -2.29. The highest BCUT2D eigenvalue weighted by molar-refractivity contribution is 7.89. The minimum atomic E-state index is -3.89. The standard InChI is InChI=1S/C13H13ClN2O5S2/c1-21-11(12-5-6-13(14)22-12)8-15-23(19,20)10-4-2-3-9(7-10)16(17)18/h2-7,11,15H,8H2,1H3. The Morgan fingerprint density at radius 1 is 1.39 bits per heavy atom. The summed E-state index contributed by atoms with van der Waals surface area (Å²) in [6.07, 6.45) is -0.499. The Balaban J connectivity index is 2.14. The average molecular weight is 377 g/mol. The number of rotatable bonds is 7. The molecule has 0 radical (unpaired) electrons. The van der Waals surface area contributed by atoms with Crippen LogP contribution in [0.4, 0.5) is 5.69 Å². The van der Waals surface area contributed by atoms with Gasteiger partial charge in [0.25, 0.3) is 5.69 Å². The van der Waals surface area contributed by atoms with Crippen molar-refractivity contribution in [2.45, 2.75) is 11.0 Å². The van der Waals surface area contributed by atoms with Crippen LogP contribution < -0.4 is 4.72 Å². The molecule has 1 heterocycles. The van der Waals surface area contributed by atoms with Gasteiger partial charge in [0, 0.05) is 30.7 Å². The zero-order valence-corrected chi connectivity index (χ0v) is 14.3. The van der Waals surface area contributed by atoms with Crippen LogP contribution in [0, 0.1) is 10.1 Å². The molecule has 0 bridgehead atoms. The molecule has 0 fully saturated rings. The fraction of sp³-hybridized carbons (Fsp3) is 0.231. The highest BCUT2D eigenvalue weighted by Gasteiger charge is 2.21. The van der Waals surface area contributed by atoms with Crippen LogP contribution in [-0.4, -0.2) is 27.0 Å². The van der Waals surface area contributed by atoms with Crippen molar-refractivity contribution < 1.29 is 18.1 Å². The van der Waals surface area contributed by atoms with Crippen molar-refractivity contribution in [3.05, 3.63) is 55.7 Å². The first kappa shape index (κ1) is 17.8. The summed E-state index contributed by atoms with van der Waals surface area (Å²) in [6, 6.07) is 8.29. The van der Waals surface area contributed by atoms with Crippen LogP contribution in [0.3, 0.4) is 0 Å². The van der Waals surface area contributed by atoms with E-state index in [9.17, 15) is 18.5 Å². The molecule has 2 aromatic rings. The van der Waals surface area contributed by atoms with Crippen LogP contribution in [0.25, 0.3) is 0 Å². The maximum Gasteiger partial charge on any atom is 0.270 e. The molecule has 1 aromatic heterocycles. The lowest BCUT2D eigenvalue weighted by Gasteiger charge is -2.14. The van der Waals surface area contributed by atoms with Gasteiger partial charge in [0.15, 0.2) is 0 Å². The van der Waals surface area contributed by atoms with Crippen molar-refractivity contribution in [1.29, 1.82) is 0 Å². The minimum Gasteiger partial charge on any atom is -0.375 e. The Bertz CT molecular complexity index is 806. The molecule has 124 valence electrons. The monoisotopic (exact) mass is 376 g/mol. The summed E-state index contributed by atoms with van der Waals surface area (Å²) < 4.78 is 32.7. The third-order valence-electron chi connectivity index (χ3n) is 2.99. The van der Waals surface area contributed by atoms with Crippen LogP contribution >= 0.6 is 22.9 Å². The van der Waals surface area contributed by atoms with Crippen molar-refractivity contribution in [1.82, 2.24) is 4.72 Å². The van der Waals surface area contributed by atoms with E-state index in [2.05, 4.69) is 4.72 Å². The number of sulfonamides is 1. The van der Waals surface area contributed by atoms with Crippen LogP contribution in [0.1, 0.15) is 11.0 Å². The van der Waals surface area contributed by atoms with Gasteiger partial charge in [-0.2, -0.15) is 0 Å². The number of nitro benzene ring substituents is 1. The first-order valence-electron chi connectivity index (χ1n) is 6.35. The van der Waals surface area contributed by atoms with Gasteiger partial charge in [-0.15, -0.1) is 11.3 Å². The van der Waals surface area contributed by atoms with Crippen molar-refractivity contribution in [2.75, 3.05) is 13.7 Å². The second kappa shape index (κ2) is 7.37. The molecule has 0 aliphatic carbocycles. The molecule has 1 aromatic carbocycles. The molecule has 0 saturated carbocycles. The molecule has 0 aliphatic heterocycles. The Morgan fingerprint density at radius 3 is 2.70 bits per heavy atom. The first-order valence-corrected chi connectivity index (χ1v) is 9.03. The number of methoxy groups -OCH3 is 1. The molecule has 0 spiro atoms. The molecule has 7 nitrogen and oxygen atoms in total. The van der Waals surface area contributed by atoms with E-state index < -0.39 is 21.1 Å². The summed E-state index contributed by atoms with van der Waals surface area (Å²) in [4.78, 5) is 10.7. The van der Waals surface area contributed by atoms with Crippen LogP contribution in [-0.2, 0) is 14.8 Å². The van der Waals surface area contributed by atoms with Gasteiger partial charge in [0.05, 0.1) is 14.2 Å². The minimum absolute atomic E-state index is 0.0155. The summed E-state index contributed by atoms with van der Waals surface area (Å²) in [5.74, 6) is 0. The van der Waals surface area contributed by atoms with E-state index in [1.807, 2.05) is 0 Å². The highest BCUT2D eigenvalue weighted by Crippen LogP contribution is 2.28. The third-order valence-corrected chi connectivity index (χ3v) is 5.74. The summed E-state index contributed by atoms with van der Waals surface area (Å²) in [6.45, 7) is -0.0155. The summed E-state index contributed by atoms with van der Waals surface area (Å²) >= 11 is 7.14. The molecule has 1 atom stereocenters. The number of halogens is 1. The van der Waals surface area contributed by atoms with Gasteiger partial charge in [0.2, 0.25) is 10.0 Å². The Morgan fingerprint density at radius 2 is 2.13 bits per heavy atom. The maximum absolute atomic E-state index is 12.3. The van der Waals surface area contributed by atoms with Crippen LogP contribution in [0.2, 0.25) is 4.34 Å². The molecule has 1 N–H and O–H groups in total. The first-order chi connectivity index (χ1) is 10.8. The smallest absolute Gasteiger partial charge is 0.270 e. The third kappa shape index (κ3) is 4.49. The molecular weight excluding hydrogens is 364 g/mol. The maximum atomic E-state index is 12.3. The van der Waals surface area contributed by atoms with Gasteiger partial charge < -0.3 is 4.74 Å². The van der Waals surface area contributed by atoms with Gasteiger partial charge in [-0.1, -0.05) is 17.7 Å². The lowest BCUT2D eigenvalue weighted by atomic mass is 10.3. The molecule has 0 aliphatic rings. The van der Waals surface area contributed by atoms with E-state index in [1.54, 1.807) is 12.1 Å². The van der Waals surface area contributed by atoms with E-state index in [0.29, 0.717) is 4.34 Å². The molecule has 0 saturated heterocycles. The molecular formula is C13H13ClN2O5S2. The molecule has 1 unspecified atom stereocenters. The second-order valence-electron chi connectivity index (χ2n) is 4.47. The van der Waals surface area contributed by atoms with Crippen LogP contribution in [0.5, 0.6) is 0 Å². The number of nitro groups is 1. The number of hydrogen-bond donors (Lipinski definition) is 1. The Kier molecular flexibility index (Phi) is 5.71. The predicted octanol–water partition coefficient (Wildman–Crippen LogP) is 2.98. The normalized spacial score (nSPS) is 13.0. The van der Waals surface area contributed by atoms with Gasteiger partial charge in [-0.05, 0) is 18.2 Å².